The lowest BCUT2D eigenvalue weighted by Gasteiger charge is -2.32. The predicted molar refractivity (Wildman–Crippen MR) is 84.2 cm³/mol. The van der Waals surface area contributed by atoms with Gasteiger partial charge < -0.3 is 9.64 Å². The number of nitrogens with zero attached hydrogens (tertiary/aromatic N) is 1. The molecular formula is C18H17NO3. The van der Waals surface area contributed by atoms with Gasteiger partial charge in [0.25, 0.3) is 0 Å². The van der Waals surface area contributed by atoms with E-state index in [0.717, 1.165) is 16.3 Å². The van der Waals surface area contributed by atoms with E-state index < -0.39 is 5.97 Å². The van der Waals surface area contributed by atoms with Crippen LogP contribution in [-0.4, -0.2) is 30.8 Å². The minimum Gasteiger partial charge on any atom is -0.465 e. The van der Waals surface area contributed by atoms with E-state index in [1.54, 1.807) is 6.20 Å². The Bertz CT molecular complexity index is 774. The number of hydrogen-bond donors (Lipinski definition) is 0. The van der Waals surface area contributed by atoms with Crippen LogP contribution in [0.25, 0.3) is 10.8 Å². The van der Waals surface area contributed by atoms with E-state index in [9.17, 15) is 9.59 Å². The summed E-state index contributed by atoms with van der Waals surface area (Å²) in [6.07, 6.45) is 1.86. The van der Waals surface area contributed by atoms with Crippen LogP contribution in [0, 0.1) is 0 Å². The number of ether oxygens (including phenoxy) is 1. The van der Waals surface area contributed by atoms with Crippen molar-refractivity contribution >= 4 is 22.5 Å². The molecule has 0 spiro atoms. The Balaban J connectivity index is 2.04. The second-order valence-electron chi connectivity index (χ2n) is 5.41. The summed E-state index contributed by atoms with van der Waals surface area (Å²) in [5, 5.41) is 2.27. The van der Waals surface area contributed by atoms with Crippen molar-refractivity contribution in [1.29, 1.82) is 0 Å². The topological polar surface area (TPSA) is 46.6 Å². The summed E-state index contributed by atoms with van der Waals surface area (Å²) in [5.74, 6) is -0.754. The van der Waals surface area contributed by atoms with Crippen LogP contribution in [0.1, 0.15) is 18.0 Å². The Hall–Kier alpha value is -2.62. The number of ketones is 1. The summed E-state index contributed by atoms with van der Waals surface area (Å²) in [5.41, 5.74) is 1.20. The maximum Gasteiger partial charge on any atom is 0.342 e. The molecule has 0 N–H and O–H groups in total. The molecule has 2 aromatic rings. The molecule has 1 atom stereocenters. The molecule has 1 aliphatic heterocycles. The van der Waals surface area contributed by atoms with Crippen molar-refractivity contribution in [3.63, 3.8) is 0 Å². The second-order valence-corrected chi connectivity index (χ2v) is 5.41. The molecule has 0 bridgehead atoms. The summed E-state index contributed by atoms with van der Waals surface area (Å²) < 4.78 is 4.66. The highest BCUT2D eigenvalue weighted by Crippen LogP contribution is 2.34. The first-order chi connectivity index (χ1) is 10.6. The molecule has 1 heterocycles. The fourth-order valence-corrected chi connectivity index (χ4v) is 2.94. The van der Waals surface area contributed by atoms with Gasteiger partial charge in [0, 0.05) is 19.7 Å². The molecule has 1 unspecified atom stereocenters. The zero-order valence-corrected chi connectivity index (χ0v) is 12.6. The average molecular weight is 295 g/mol. The van der Waals surface area contributed by atoms with Gasteiger partial charge >= 0.3 is 5.97 Å². The molecule has 0 fully saturated rings. The highest BCUT2D eigenvalue weighted by atomic mass is 16.5. The number of rotatable bonds is 2. The number of methoxy groups -OCH3 is 1. The van der Waals surface area contributed by atoms with Gasteiger partial charge in [0.1, 0.15) is 5.57 Å². The number of carbonyl (C=O) groups is 2. The Morgan fingerprint density at radius 3 is 2.68 bits per heavy atom. The van der Waals surface area contributed by atoms with Gasteiger partial charge in [0.05, 0.1) is 13.2 Å². The van der Waals surface area contributed by atoms with Crippen LogP contribution in [0.15, 0.2) is 54.2 Å². The van der Waals surface area contributed by atoms with Gasteiger partial charge in [-0.2, -0.15) is 0 Å². The predicted octanol–water partition coefficient (Wildman–Crippen LogP) is 2.84. The molecule has 1 aliphatic rings. The zero-order valence-electron chi connectivity index (χ0n) is 12.6. The van der Waals surface area contributed by atoms with Gasteiger partial charge in [-0.25, -0.2) is 4.79 Å². The third-order valence-corrected chi connectivity index (χ3v) is 4.09. The molecule has 4 heteroatoms. The van der Waals surface area contributed by atoms with Crippen molar-refractivity contribution in [3.8, 4) is 0 Å². The summed E-state index contributed by atoms with van der Waals surface area (Å²) >= 11 is 0. The molecule has 4 nitrogen and oxygen atoms in total. The largest absolute Gasteiger partial charge is 0.465 e. The zero-order chi connectivity index (χ0) is 15.7. The molecule has 3 rings (SSSR count). The highest BCUT2D eigenvalue weighted by molar-refractivity contribution is 6.17. The summed E-state index contributed by atoms with van der Waals surface area (Å²) in [7, 11) is 3.16. The molecule has 2 aromatic carbocycles. The van der Waals surface area contributed by atoms with Crippen LogP contribution in [0.5, 0.6) is 0 Å². The first-order valence-corrected chi connectivity index (χ1v) is 7.14. The number of benzene rings is 2. The molecule has 0 aromatic heterocycles. The molecule has 22 heavy (non-hydrogen) atoms. The van der Waals surface area contributed by atoms with Gasteiger partial charge in [-0.05, 0) is 16.3 Å². The first-order valence-electron chi connectivity index (χ1n) is 7.14. The molecule has 0 radical (unpaired) electrons. The van der Waals surface area contributed by atoms with Gasteiger partial charge in [0.15, 0.2) is 5.78 Å². The third kappa shape index (κ3) is 2.37. The maximum absolute atomic E-state index is 12.3. The highest BCUT2D eigenvalue weighted by Gasteiger charge is 2.31. The van der Waals surface area contributed by atoms with Crippen LogP contribution in [0.4, 0.5) is 0 Å². The van der Waals surface area contributed by atoms with E-state index in [0.29, 0.717) is 0 Å². The summed E-state index contributed by atoms with van der Waals surface area (Å²) in [6.45, 7) is 0. The van der Waals surface area contributed by atoms with E-state index in [4.69, 9.17) is 0 Å². The molecule has 0 amide bonds. The van der Waals surface area contributed by atoms with Crippen LogP contribution in [-0.2, 0) is 14.3 Å². The first kappa shape index (κ1) is 14.3. The van der Waals surface area contributed by atoms with Crippen molar-refractivity contribution in [2.75, 3.05) is 14.2 Å². The Kier molecular flexibility index (Phi) is 3.67. The monoisotopic (exact) mass is 295 g/mol. The van der Waals surface area contributed by atoms with E-state index in [-0.39, 0.29) is 23.8 Å². The van der Waals surface area contributed by atoms with Crippen molar-refractivity contribution in [3.05, 3.63) is 59.8 Å². The van der Waals surface area contributed by atoms with Crippen LogP contribution in [0.3, 0.4) is 0 Å². The molecular weight excluding hydrogens is 278 g/mol. The van der Waals surface area contributed by atoms with Crippen molar-refractivity contribution < 1.29 is 14.3 Å². The molecule has 0 aliphatic carbocycles. The number of esters is 1. The minimum absolute atomic E-state index is 0.0768. The van der Waals surface area contributed by atoms with E-state index in [1.165, 1.54) is 7.11 Å². The van der Waals surface area contributed by atoms with Crippen LogP contribution >= 0.6 is 0 Å². The van der Waals surface area contributed by atoms with Crippen molar-refractivity contribution in [2.24, 2.45) is 0 Å². The second kappa shape index (κ2) is 5.64. The quantitative estimate of drug-likeness (QED) is 0.631. The van der Waals surface area contributed by atoms with Gasteiger partial charge in [0.2, 0.25) is 0 Å². The SMILES string of the molecule is COC(=O)C1=CN(C)C(c2cccc3ccccc23)CC1=O. The van der Waals surface area contributed by atoms with Gasteiger partial charge in [-0.3, -0.25) is 4.79 Å². The Morgan fingerprint density at radius 1 is 1.18 bits per heavy atom. The standard InChI is InChI=1S/C18H17NO3/c1-19-11-15(18(21)22-2)17(20)10-16(19)14-9-5-7-12-6-3-4-8-13(12)14/h3-9,11,16H,10H2,1-2H3. The van der Waals surface area contributed by atoms with Gasteiger partial charge in [-0.15, -0.1) is 0 Å². The summed E-state index contributed by atoms with van der Waals surface area (Å²) in [6, 6.07) is 14.1. The third-order valence-electron chi connectivity index (χ3n) is 4.09. The lowest BCUT2D eigenvalue weighted by molar-refractivity contribution is -0.138. The fourth-order valence-electron chi connectivity index (χ4n) is 2.94. The van der Waals surface area contributed by atoms with E-state index in [2.05, 4.69) is 22.9 Å². The van der Waals surface area contributed by atoms with Crippen molar-refractivity contribution in [2.45, 2.75) is 12.5 Å². The lowest BCUT2D eigenvalue weighted by Crippen LogP contribution is -2.31. The minimum atomic E-state index is -0.576. The Labute approximate surface area is 129 Å². The summed E-state index contributed by atoms with van der Waals surface area (Å²) in [4.78, 5) is 25.8. The normalized spacial score (nSPS) is 18.3. The number of hydrogen-bond acceptors (Lipinski definition) is 4. The molecule has 0 saturated heterocycles. The number of carbonyl (C=O) groups excluding carboxylic acids is 2. The number of fused-ring (bicyclic) bond motifs is 1. The molecule has 0 saturated carbocycles. The molecule has 112 valence electrons. The average Bonchev–Trinajstić information content (AvgIpc) is 2.55. The van der Waals surface area contributed by atoms with Gasteiger partial charge in [-0.1, -0.05) is 42.5 Å². The maximum atomic E-state index is 12.3. The van der Waals surface area contributed by atoms with Crippen LogP contribution in [0.2, 0.25) is 0 Å². The smallest absolute Gasteiger partial charge is 0.342 e. The van der Waals surface area contributed by atoms with E-state index in [1.807, 2.05) is 36.2 Å². The lowest BCUT2D eigenvalue weighted by atomic mass is 9.90. The fraction of sp³-hybridized carbons (Fsp3) is 0.222. The van der Waals surface area contributed by atoms with E-state index >= 15 is 0 Å². The van der Waals surface area contributed by atoms with Crippen molar-refractivity contribution in [1.82, 2.24) is 4.90 Å². The van der Waals surface area contributed by atoms with Crippen LogP contribution < -0.4 is 0 Å². The number of Topliss-reactive ketones (excluding diaryl/α,β-unsaturated/α-hetero) is 1. The Morgan fingerprint density at radius 2 is 1.91 bits per heavy atom.